The van der Waals surface area contributed by atoms with Crippen molar-refractivity contribution >= 4 is 17.6 Å². The second kappa shape index (κ2) is 9.79. The van der Waals surface area contributed by atoms with Crippen LogP contribution in [0.25, 0.3) is 0 Å². The van der Waals surface area contributed by atoms with Gasteiger partial charge in [0.05, 0.1) is 6.10 Å². The summed E-state index contributed by atoms with van der Waals surface area (Å²) in [6.07, 6.45) is 4.97. The molecule has 1 saturated carbocycles. The number of hydrogen-bond donors (Lipinski definition) is 2. The van der Waals surface area contributed by atoms with E-state index in [1.165, 1.54) is 32.2 Å². The van der Waals surface area contributed by atoms with Crippen LogP contribution in [0.5, 0.6) is 0 Å². The smallest absolute Gasteiger partial charge is 0.319 e. The number of nitrogens with zero attached hydrogens (tertiary/aromatic N) is 2. The van der Waals surface area contributed by atoms with E-state index in [2.05, 4.69) is 15.5 Å². The van der Waals surface area contributed by atoms with Crippen molar-refractivity contribution in [1.82, 2.24) is 15.1 Å². The van der Waals surface area contributed by atoms with Crippen LogP contribution in [0.1, 0.15) is 31.2 Å². The van der Waals surface area contributed by atoms with E-state index in [1.54, 1.807) is 0 Å². The molecule has 0 radical (unpaired) electrons. The highest BCUT2D eigenvalue weighted by Crippen LogP contribution is 2.31. The van der Waals surface area contributed by atoms with Crippen molar-refractivity contribution in [3.63, 3.8) is 0 Å². The SMILES string of the molecule is Cc1cccc(NC(=O)NC[C@H]2CN(CC3CCN(CC4CC4)CC3)C(=O)CO2)c1. The summed E-state index contributed by atoms with van der Waals surface area (Å²) in [6.45, 7) is 7.42. The summed E-state index contributed by atoms with van der Waals surface area (Å²) in [4.78, 5) is 29.0. The lowest BCUT2D eigenvalue weighted by Crippen LogP contribution is -2.52. The fourth-order valence-electron chi connectivity index (χ4n) is 4.41. The molecule has 7 nitrogen and oxygen atoms in total. The summed E-state index contributed by atoms with van der Waals surface area (Å²) < 4.78 is 5.66. The summed E-state index contributed by atoms with van der Waals surface area (Å²) in [5.41, 5.74) is 1.86. The molecule has 0 bridgehead atoms. The monoisotopic (exact) mass is 414 g/mol. The average Bonchev–Trinajstić information content (AvgIpc) is 3.54. The molecule has 0 unspecified atom stereocenters. The van der Waals surface area contributed by atoms with E-state index in [4.69, 9.17) is 4.74 Å². The number of hydrogen-bond acceptors (Lipinski definition) is 4. The van der Waals surface area contributed by atoms with Gasteiger partial charge in [-0.3, -0.25) is 4.79 Å². The number of ether oxygens (including phenoxy) is 1. The van der Waals surface area contributed by atoms with Gasteiger partial charge in [0.25, 0.3) is 0 Å². The fraction of sp³-hybridized carbons (Fsp3) is 0.652. The molecule has 2 heterocycles. The largest absolute Gasteiger partial charge is 0.365 e. The number of anilines is 1. The van der Waals surface area contributed by atoms with Crippen LogP contribution in [0, 0.1) is 18.8 Å². The van der Waals surface area contributed by atoms with Crippen LogP contribution in [0.2, 0.25) is 0 Å². The van der Waals surface area contributed by atoms with Gasteiger partial charge in [-0.15, -0.1) is 0 Å². The molecule has 0 spiro atoms. The molecule has 2 N–H and O–H groups in total. The minimum atomic E-state index is -0.254. The third kappa shape index (κ3) is 6.19. The molecule has 30 heavy (non-hydrogen) atoms. The number of aryl methyl sites for hydroxylation is 1. The minimum absolute atomic E-state index is 0.0656. The van der Waals surface area contributed by atoms with Crippen LogP contribution in [0.3, 0.4) is 0 Å². The maximum atomic E-state index is 12.3. The molecule has 4 rings (SSSR count). The highest BCUT2D eigenvalue weighted by Gasteiger charge is 2.31. The number of carbonyl (C=O) groups excluding carboxylic acids is 2. The number of urea groups is 1. The van der Waals surface area contributed by atoms with Gasteiger partial charge in [0.2, 0.25) is 5.91 Å². The second-order valence-electron chi connectivity index (χ2n) is 9.12. The Morgan fingerprint density at radius 3 is 2.63 bits per heavy atom. The van der Waals surface area contributed by atoms with Crippen molar-refractivity contribution in [2.24, 2.45) is 11.8 Å². The van der Waals surface area contributed by atoms with E-state index < -0.39 is 0 Å². The lowest BCUT2D eigenvalue weighted by molar-refractivity contribution is -0.149. The van der Waals surface area contributed by atoms with Gasteiger partial charge in [-0.2, -0.15) is 0 Å². The van der Waals surface area contributed by atoms with E-state index in [0.29, 0.717) is 19.0 Å². The van der Waals surface area contributed by atoms with E-state index in [0.717, 1.165) is 36.8 Å². The molecule has 1 aromatic carbocycles. The van der Waals surface area contributed by atoms with Crippen LogP contribution < -0.4 is 10.6 Å². The number of morpholine rings is 1. The predicted molar refractivity (Wildman–Crippen MR) is 116 cm³/mol. The number of piperidine rings is 1. The molecule has 1 aromatic rings. The number of rotatable bonds is 7. The number of carbonyl (C=O) groups is 2. The number of benzene rings is 1. The van der Waals surface area contributed by atoms with Gasteiger partial charge in [-0.1, -0.05) is 12.1 Å². The molecule has 2 aliphatic heterocycles. The number of nitrogens with one attached hydrogen (secondary N) is 2. The van der Waals surface area contributed by atoms with E-state index in [9.17, 15) is 9.59 Å². The van der Waals surface area contributed by atoms with Crippen molar-refractivity contribution in [1.29, 1.82) is 0 Å². The van der Waals surface area contributed by atoms with Gasteiger partial charge in [-0.25, -0.2) is 4.79 Å². The Kier molecular flexibility index (Phi) is 6.89. The molecule has 3 fully saturated rings. The highest BCUT2D eigenvalue weighted by molar-refractivity contribution is 5.89. The maximum absolute atomic E-state index is 12.3. The quantitative estimate of drug-likeness (QED) is 0.719. The summed E-state index contributed by atoms with van der Waals surface area (Å²) in [7, 11) is 0. The first-order valence-corrected chi connectivity index (χ1v) is 11.3. The van der Waals surface area contributed by atoms with E-state index in [-0.39, 0.29) is 24.6 Å². The molecule has 1 aliphatic carbocycles. The van der Waals surface area contributed by atoms with Crippen LogP contribution in [-0.2, 0) is 9.53 Å². The molecular formula is C23H34N4O3. The summed E-state index contributed by atoms with van der Waals surface area (Å²) in [5, 5.41) is 5.71. The second-order valence-corrected chi connectivity index (χ2v) is 9.12. The summed E-state index contributed by atoms with van der Waals surface area (Å²) in [5.74, 6) is 1.58. The van der Waals surface area contributed by atoms with Gasteiger partial charge < -0.3 is 25.2 Å². The van der Waals surface area contributed by atoms with Crippen LogP contribution in [0.4, 0.5) is 10.5 Å². The minimum Gasteiger partial charge on any atom is -0.365 e. The van der Waals surface area contributed by atoms with Gasteiger partial charge in [-0.05, 0) is 75.2 Å². The van der Waals surface area contributed by atoms with Crippen molar-refractivity contribution in [2.45, 2.75) is 38.7 Å². The summed E-state index contributed by atoms with van der Waals surface area (Å²) in [6, 6.07) is 7.43. The molecule has 2 saturated heterocycles. The van der Waals surface area contributed by atoms with Gasteiger partial charge in [0, 0.05) is 31.9 Å². The number of likely N-dealkylation sites (tertiary alicyclic amines) is 1. The molecular weight excluding hydrogens is 380 g/mol. The lowest BCUT2D eigenvalue weighted by Gasteiger charge is -2.38. The van der Waals surface area contributed by atoms with Crippen molar-refractivity contribution in [2.75, 3.05) is 51.2 Å². The Morgan fingerprint density at radius 1 is 1.13 bits per heavy atom. The molecule has 164 valence electrons. The highest BCUT2D eigenvalue weighted by atomic mass is 16.5. The average molecular weight is 415 g/mol. The lowest BCUT2D eigenvalue weighted by atomic mass is 9.95. The molecule has 3 amide bonds. The molecule has 7 heteroatoms. The standard InChI is InChI=1S/C23H34N4O3/c1-17-3-2-4-20(11-17)25-23(29)24-12-21-15-27(22(28)16-30-21)14-19-7-9-26(10-8-19)13-18-5-6-18/h2-4,11,18-19,21H,5-10,12-16H2,1H3,(H2,24,25,29)/t21-/m0/s1. The number of amides is 3. The molecule has 1 atom stereocenters. The van der Waals surface area contributed by atoms with Crippen molar-refractivity contribution in [3.8, 4) is 0 Å². The van der Waals surface area contributed by atoms with Gasteiger partial charge in [0.15, 0.2) is 0 Å². The third-order valence-electron chi connectivity index (χ3n) is 6.38. The summed E-state index contributed by atoms with van der Waals surface area (Å²) >= 11 is 0. The Hall–Kier alpha value is -2.12. The Labute approximate surface area is 179 Å². The first-order valence-electron chi connectivity index (χ1n) is 11.3. The van der Waals surface area contributed by atoms with Crippen molar-refractivity contribution < 1.29 is 14.3 Å². The first-order chi connectivity index (χ1) is 14.5. The van der Waals surface area contributed by atoms with Gasteiger partial charge >= 0.3 is 6.03 Å². The topological polar surface area (TPSA) is 73.9 Å². The Balaban J connectivity index is 1.18. The first kappa shape index (κ1) is 21.1. The van der Waals surface area contributed by atoms with Gasteiger partial charge in [0.1, 0.15) is 6.61 Å². The zero-order chi connectivity index (χ0) is 20.9. The van der Waals surface area contributed by atoms with Crippen molar-refractivity contribution in [3.05, 3.63) is 29.8 Å². The van der Waals surface area contributed by atoms with Crippen LogP contribution >= 0.6 is 0 Å². The Bertz CT molecular complexity index is 744. The van der Waals surface area contributed by atoms with Crippen LogP contribution in [-0.4, -0.2) is 73.7 Å². The van der Waals surface area contributed by atoms with E-state index >= 15 is 0 Å². The molecule has 3 aliphatic rings. The van der Waals surface area contributed by atoms with Crippen LogP contribution in [0.15, 0.2) is 24.3 Å². The zero-order valence-corrected chi connectivity index (χ0v) is 17.9. The predicted octanol–water partition coefficient (Wildman–Crippen LogP) is 2.47. The molecule has 0 aromatic heterocycles. The zero-order valence-electron chi connectivity index (χ0n) is 17.9. The van der Waals surface area contributed by atoms with E-state index in [1.807, 2.05) is 36.1 Å². The maximum Gasteiger partial charge on any atom is 0.319 e. The Morgan fingerprint density at radius 2 is 1.90 bits per heavy atom. The third-order valence-corrected chi connectivity index (χ3v) is 6.38. The fourth-order valence-corrected chi connectivity index (χ4v) is 4.41. The normalized spacial score (nSPS) is 23.4.